The third-order valence-corrected chi connectivity index (χ3v) is 3.77. The molecular formula is C17H26N3+. The summed E-state index contributed by atoms with van der Waals surface area (Å²) in [5.74, 6) is 1.72. The minimum atomic E-state index is 0.444. The molecule has 108 valence electrons. The van der Waals surface area contributed by atoms with Gasteiger partial charge in [-0.3, -0.25) is 0 Å². The molecule has 0 spiro atoms. The van der Waals surface area contributed by atoms with Gasteiger partial charge in [0.15, 0.2) is 0 Å². The van der Waals surface area contributed by atoms with E-state index >= 15 is 0 Å². The second-order valence-electron chi connectivity index (χ2n) is 5.98. The van der Waals surface area contributed by atoms with Gasteiger partial charge in [-0.25, -0.2) is 14.0 Å². The molecule has 0 aliphatic carbocycles. The zero-order chi connectivity index (χ0) is 14.9. The van der Waals surface area contributed by atoms with Crippen LogP contribution in [0.1, 0.15) is 45.2 Å². The molecule has 0 fully saturated rings. The molecule has 20 heavy (non-hydrogen) atoms. The zero-order valence-electron chi connectivity index (χ0n) is 13.5. The molecule has 1 aromatic heterocycles. The zero-order valence-corrected chi connectivity index (χ0v) is 13.5. The molecule has 0 amide bonds. The highest BCUT2D eigenvalue weighted by atomic mass is 15.3. The molecule has 0 aliphatic rings. The quantitative estimate of drug-likeness (QED) is 0.771. The number of anilines is 2. The molecule has 0 saturated heterocycles. The van der Waals surface area contributed by atoms with Gasteiger partial charge in [0.25, 0.3) is 0 Å². The lowest BCUT2D eigenvalue weighted by molar-refractivity contribution is -0.657. The van der Waals surface area contributed by atoms with Gasteiger partial charge in [-0.05, 0) is 31.4 Å². The Bertz CT molecular complexity index is 582. The van der Waals surface area contributed by atoms with Crippen LogP contribution in [0.2, 0.25) is 0 Å². The third kappa shape index (κ3) is 2.58. The van der Waals surface area contributed by atoms with Gasteiger partial charge >= 0.3 is 5.95 Å². The predicted octanol–water partition coefficient (Wildman–Crippen LogP) is 3.78. The van der Waals surface area contributed by atoms with Gasteiger partial charge in [-0.15, -0.1) is 0 Å². The van der Waals surface area contributed by atoms with Crippen molar-refractivity contribution < 1.29 is 4.57 Å². The van der Waals surface area contributed by atoms with Gasteiger partial charge in [0, 0.05) is 0 Å². The van der Waals surface area contributed by atoms with Crippen molar-refractivity contribution in [2.75, 3.05) is 11.9 Å². The number of rotatable bonds is 4. The topological polar surface area (TPSA) is 12.1 Å². The highest BCUT2D eigenvalue weighted by Crippen LogP contribution is 2.30. The van der Waals surface area contributed by atoms with Crippen LogP contribution < -0.4 is 9.47 Å². The summed E-state index contributed by atoms with van der Waals surface area (Å²) in [5.41, 5.74) is 2.66. The molecule has 0 radical (unpaired) electrons. The van der Waals surface area contributed by atoms with Crippen LogP contribution in [0, 0.1) is 0 Å². The first-order valence-electron chi connectivity index (χ1n) is 7.32. The maximum atomic E-state index is 2.30. The van der Waals surface area contributed by atoms with Crippen molar-refractivity contribution in [2.45, 2.75) is 39.7 Å². The highest BCUT2D eigenvalue weighted by Gasteiger charge is 2.24. The number of benzene rings is 1. The normalized spacial score (nSPS) is 11.4. The van der Waals surface area contributed by atoms with Crippen molar-refractivity contribution in [1.29, 1.82) is 0 Å². The summed E-state index contributed by atoms with van der Waals surface area (Å²) in [6, 6.07) is 9.10. The van der Waals surface area contributed by atoms with E-state index in [0.717, 1.165) is 0 Å². The molecule has 3 nitrogen and oxygen atoms in total. The molecule has 0 bridgehead atoms. The first-order chi connectivity index (χ1) is 9.43. The van der Waals surface area contributed by atoms with E-state index in [9.17, 15) is 0 Å². The number of hydrogen-bond acceptors (Lipinski definition) is 1. The Morgan fingerprint density at radius 2 is 1.75 bits per heavy atom. The largest absolute Gasteiger partial charge is 0.364 e. The predicted molar refractivity (Wildman–Crippen MR) is 84.6 cm³/mol. The molecular weight excluding hydrogens is 246 g/mol. The lowest BCUT2D eigenvalue weighted by Crippen LogP contribution is -2.35. The summed E-state index contributed by atoms with van der Waals surface area (Å²) < 4.78 is 4.48. The van der Waals surface area contributed by atoms with Crippen molar-refractivity contribution in [3.05, 3.63) is 42.2 Å². The average molecular weight is 272 g/mol. The van der Waals surface area contributed by atoms with E-state index in [1.165, 1.54) is 17.2 Å². The molecule has 0 saturated carbocycles. The van der Waals surface area contributed by atoms with E-state index in [-0.39, 0.29) is 0 Å². The van der Waals surface area contributed by atoms with Crippen LogP contribution in [0.4, 0.5) is 11.6 Å². The SMILES string of the molecule is CC(C)c1ccccc1N(C)c1n(C(C)C)cc[n+]1C. The van der Waals surface area contributed by atoms with E-state index < -0.39 is 0 Å². The van der Waals surface area contributed by atoms with Crippen molar-refractivity contribution in [1.82, 2.24) is 4.57 Å². The van der Waals surface area contributed by atoms with E-state index in [0.29, 0.717) is 12.0 Å². The Labute approximate surface area is 122 Å². The van der Waals surface area contributed by atoms with Crippen LogP contribution in [0.3, 0.4) is 0 Å². The first kappa shape index (κ1) is 14.6. The van der Waals surface area contributed by atoms with Crippen molar-refractivity contribution in [2.24, 2.45) is 7.05 Å². The van der Waals surface area contributed by atoms with Gasteiger partial charge in [-0.2, -0.15) is 0 Å². The monoisotopic (exact) mass is 272 g/mol. The first-order valence-corrected chi connectivity index (χ1v) is 7.32. The summed E-state index contributed by atoms with van der Waals surface area (Å²) in [7, 11) is 4.25. The van der Waals surface area contributed by atoms with Gasteiger partial charge in [0.05, 0.1) is 32.5 Å². The summed E-state index contributed by atoms with van der Waals surface area (Å²) in [4.78, 5) is 2.29. The van der Waals surface area contributed by atoms with E-state index in [1.807, 2.05) is 0 Å². The fourth-order valence-electron chi connectivity index (χ4n) is 2.69. The summed E-state index contributed by atoms with van der Waals surface area (Å²) in [6.07, 6.45) is 4.26. The lowest BCUT2D eigenvalue weighted by Gasteiger charge is -2.20. The second-order valence-corrected chi connectivity index (χ2v) is 5.98. The Morgan fingerprint density at radius 3 is 2.35 bits per heavy atom. The van der Waals surface area contributed by atoms with Crippen LogP contribution in [0.5, 0.6) is 0 Å². The highest BCUT2D eigenvalue weighted by molar-refractivity contribution is 5.61. The Balaban J connectivity index is 2.52. The molecule has 3 heteroatoms. The Kier molecular flexibility index (Phi) is 4.17. The van der Waals surface area contributed by atoms with Gasteiger partial charge in [0.1, 0.15) is 5.69 Å². The minimum Gasteiger partial charge on any atom is -0.238 e. The molecule has 0 unspecified atom stereocenters. The Morgan fingerprint density at radius 1 is 1.10 bits per heavy atom. The molecule has 0 aliphatic heterocycles. The number of aryl methyl sites for hydroxylation is 1. The number of para-hydroxylation sites is 1. The number of hydrogen-bond donors (Lipinski definition) is 0. The second kappa shape index (κ2) is 5.70. The molecule has 1 heterocycles. The van der Waals surface area contributed by atoms with Crippen LogP contribution in [-0.2, 0) is 7.05 Å². The number of imidazole rings is 1. The molecule has 2 aromatic rings. The maximum Gasteiger partial charge on any atom is 0.364 e. The van der Waals surface area contributed by atoms with Gasteiger partial charge in [-0.1, -0.05) is 32.0 Å². The summed E-state index contributed by atoms with van der Waals surface area (Å²) in [6.45, 7) is 8.92. The molecule has 2 rings (SSSR count). The van der Waals surface area contributed by atoms with Crippen LogP contribution >= 0.6 is 0 Å². The fraction of sp³-hybridized carbons (Fsp3) is 0.471. The third-order valence-electron chi connectivity index (χ3n) is 3.77. The number of aromatic nitrogens is 2. The van der Waals surface area contributed by atoms with Crippen LogP contribution in [-0.4, -0.2) is 11.6 Å². The number of nitrogens with zero attached hydrogens (tertiary/aromatic N) is 3. The smallest absolute Gasteiger partial charge is 0.238 e. The molecule has 0 N–H and O–H groups in total. The Hall–Kier alpha value is -1.77. The molecule has 0 atom stereocenters. The van der Waals surface area contributed by atoms with E-state index in [2.05, 4.69) is 92.5 Å². The van der Waals surface area contributed by atoms with Crippen molar-refractivity contribution >= 4 is 11.6 Å². The maximum absolute atomic E-state index is 2.30. The standard InChI is InChI=1S/C17H26N3/c1-13(2)15-9-7-8-10-16(15)19(6)17-18(5)11-12-20(17)14(3)4/h7-14H,1-6H3/q+1. The van der Waals surface area contributed by atoms with Crippen molar-refractivity contribution in [3.63, 3.8) is 0 Å². The lowest BCUT2D eigenvalue weighted by atomic mass is 10.0. The van der Waals surface area contributed by atoms with Gasteiger partial charge in [0.2, 0.25) is 0 Å². The van der Waals surface area contributed by atoms with E-state index in [1.54, 1.807) is 0 Å². The van der Waals surface area contributed by atoms with Crippen molar-refractivity contribution in [3.8, 4) is 0 Å². The minimum absolute atomic E-state index is 0.444. The summed E-state index contributed by atoms with van der Waals surface area (Å²) >= 11 is 0. The van der Waals surface area contributed by atoms with Gasteiger partial charge < -0.3 is 0 Å². The van der Waals surface area contributed by atoms with Crippen LogP contribution in [0.15, 0.2) is 36.7 Å². The van der Waals surface area contributed by atoms with Crippen LogP contribution in [0.25, 0.3) is 0 Å². The fourth-order valence-corrected chi connectivity index (χ4v) is 2.69. The molecule has 1 aromatic carbocycles. The summed E-state index contributed by atoms with van der Waals surface area (Å²) in [5, 5.41) is 0. The average Bonchev–Trinajstić information content (AvgIpc) is 2.80. The van der Waals surface area contributed by atoms with E-state index in [4.69, 9.17) is 0 Å².